The number of benzene rings is 2. The van der Waals surface area contributed by atoms with Gasteiger partial charge in [-0.2, -0.15) is 0 Å². The second kappa shape index (κ2) is 7.33. The number of nitrogens with one attached hydrogen (secondary N) is 3. The minimum atomic E-state index is -0.512. The third-order valence-electron chi connectivity index (χ3n) is 4.57. The van der Waals surface area contributed by atoms with E-state index in [9.17, 15) is 9.59 Å². The van der Waals surface area contributed by atoms with Crippen LogP contribution in [0.1, 0.15) is 29.7 Å². The minimum Gasteiger partial charge on any atom is -0.327 e. The molecule has 3 rings (SSSR count). The van der Waals surface area contributed by atoms with Crippen LogP contribution >= 0.6 is 15.9 Å². The number of hydrogen-bond acceptors (Lipinski definition) is 2. The van der Waals surface area contributed by atoms with Crippen molar-refractivity contribution in [2.75, 3.05) is 5.32 Å². The van der Waals surface area contributed by atoms with Gasteiger partial charge in [0.2, 0.25) is 0 Å². The van der Waals surface area contributed by atoms with E-state index in [0.717, 1.165) is 26.9 Å². The Morgan fingerprint density at radius 1 is 1.08 bits per heavy atom. The molecule has 2 aromatic rings. The summed E-state index contributed by atoms with van der Waals surface area (Å²) in [5, 5.41) is 8.51. The summed E-state index contributed by atoms with van der Waals surface area (Å²) in [5.74, 6) is -0.239. The summed E-state index contributed by atoms with van der Waals surface area (Å²) >= 11 is 3.41. The smallest absolute Gasteiger partial charge is 0.319 e. The molecule has 0 bridgehead atoms. The van der Waals surface area contributed by atoms with Crippen LogP contribution in [0.4, 0.5) is 10.5 Å². The fourth-order valence-electron chi connectivity index (χ4n) is 2.98. The predicted octanol–water partition coefficient (Wildman–Crippen LogP) is 4.33. The predicted molar refractivity (Wildman–Crippen MR) is 106 cm³/mol. The van der Waals surface area contributed by atoms with Crippen LogP contribution in [0.25, 0.3) is 0 Å². The maximum atomic E-state index is 13.0. The van der Waals surface area contributed by atoms with E-state index in [0.29, 0.717) is 11.3 Å². The standard InChI is InChI=1S/C20H20BrN3O2/c1-11-5-4-6-16(12(11)2)23-19(25)17-13(3)22-20(26)24-18(17)14-7-9-15(21)10-8-14/h4-10,18H,1-3H3,(H,23,25)(H2,22,24,26). The van der Waals surface area contributed by atoms with Crippen LogP contribution in [-0.4, -0.2) is 11.9 Å². The zero-order chi connectivity index (χ0) is 18.8. The summed E-state index contributed by atoms with van der Waals surface area (Å²) in [4.78, 5) is 25.0. The van der Waals surface area contributed by atoms with Crippen LogP contribution in [-0.2, 0) is 4.79 Å². The molecule has 1 aliphatic heterocycles. The summed E-state index contributed by atoms with van der Waals surface area (Å²) in [6.07, 6.45) is 0. The Balaban J connectivity index is 1.96. The van der Waals surface area contributed by atoms with E-state index in [-0.39, 0.29) is 11.9 Å². The maximum absolute atomic E-state index is 13.0. The second-order valence-corrected chi connectivity index (χ2v) is 7.24. The van der Waals surface area contributed by atoms with Crippen molar-refractivity contribution in [3.8, 4) is 0 Å². The van der Waals surface area contributed by atoms with Gasteiger partial charge in [-0.15, -0.1) is 0 Å². The van der Waals surface area contributed by atoms with Crippen LogP contribution in [0.3, 0.4) is 0 Å². The van der Waals surface area contributed by atoms with Gasteiger partial charge in [0.1, 0.15) is 0 Å². The zero-order valence-electron chi connectivity index (χ0n) is 14.8. The Bertz CT molecular complexity index is 904. The lowest BCUT2D eigenvalue weighted by atomic mass is 9.94. The number of rotatable bonds is 3. The molecule has 0 aliphatic carbocycles. The summed E-state index contributed by atoms with van der Waals surface area (Å²) in [5.41, 5.74) is 4.77. The lowest BCUT2D eigenvalue weighted by Gasteiger charge is -2.29. The molecule has 3 N–H and O–H groups in total. The van der Waals surface area contributed by atoms with Gasteiger partial charge in [0.15, 0.2) is 0 Å². The molecule has 1 heterocycles. The first-order chi connectivity index (χ1) is 12.4. The van der Waals surface area contributed by atoms with Crippen molar-refractivity contribution < 1.29 is 9.59 Å². The van der Waals surface area contributed by atoms with Gasteiger partial charge in [0.05, 0.1) is 11.6 Å². The number of halogens is 1. The Labute approximate surface area is 161 Å². The van der Waals surface area contributed by atoms with E-state index in [1.807, 2.05) is 56.3 Å². The summed E-state index contributed by atoms with van der Waals surface area (Å²) in [6, 6.07) is 12.5. The SMILES string of the molecule is CC1=C(C(=O)Nc2cccc(C)c2C)C(c2ccc(Br)cc2)NC(=O)N1. The summed E-state index contributed by atoms with van der Waals surface area (Å²) < 4.78 is 0.934. The van der Waals surface area contributed by atoms with Gasteiger partial charge >= 0.3 is 6.03 Å². The highest BCUT2D eigenvalue weighted by Crippen LogP contribution is 2.29. The molecule has 26 heavy (non-hydrogen) atoms. The van der Waals surface area contributed by atoms with Gasteiger partial charge in [0.25, 0.3) is 5.91 Å². The molecule has 2 aromatic carbocycles. The Morgan fingerprint density at radius 2 is 1.77 bits per heavy atom. The van der Waals surface area contributed by atoms with Crippen molar-refractivity contribution in [2.45, 2.75) is 26.8 Å². The lowest BCUT2D eigenvalue weighted by Crippen LogP contribution is -2.46. The number of urea groups is 1. The number of anilines is 1. The normalized spacial score (nSPS) is 16.8. The highest BCUT2D eigenvalue weighted by Gasteiger charge is 2.31. The molecule has 0 spiro atoms. The molecule has 6 heteroatoms. The third-order valence-corrected chi connectivity index (χ3v) is 5.10. The maximum Gasteiger partial charge on any atom is 0.319 e. The van der Waals surface area contributed by atoms with Crippen LogP contribution in [0, 0.1) is 13.8 Å². The molecular weight excluding hydrogens is 394 g/mol. The first-order valence-corrected chi connectivity index (χ1v) is 9.07. The van der Waals surface area contributed by atoms with E-state index in [1.165, 1.54) is 0 Å². The van der Waals surface area contributed by atoms with Gasteiger partial charge in [-0.3, -0.25) is 4.79 Å². The molecular formula is C20H20BrN3O2. The number of hydrogen-bond donors (Lipinski definition) is 3. The van der Waals surface area contributed by atoms with Crippen molar-refractivity contribution in [1.82, 2.24) is 10.6 Å². The lowest BCUT2D eigenvalue weighted by molar-refractivity contribution is -0.113. The first-order valence-electron chi connectivity index (χ1n) is 8.28. The molecule has 0 radical (unpaired) electrons. The van der Waals surface area contributed by atoms with Gasteiger partial charge in [-0.05, 0) is 55.7 Å². The van der Waals surface area contributed by atoms with Crippen LogP contribution in [0.2, 0.25) is 0 Å². The van der Waals surface area contributed by atoms with Crippen LogP contribution in [0.5, 0.6) is 0 Å². The monoisotopic (exact) mass is 413 g/mol. The number of carbonyl (C=O) groups is 2. The van der Waals surface area contributed by atoms with Crippen LogP contribution in [0.15, 0.2) is 58.2 Å². The molecule has 0 aromatic heterocycles. The molecule has 0 saturated carbocycles. The molecule has 0 fully saturated rings. The largest absolute Gasteiger partial charge is 0.327 e. The second-order valence-electron chi connectivity index (χ2n) is 6.32. The minimum absolute atomic E-state index is 0.239. The molecule has 0 saturated heterocycles. The number of amides is 3. The fraction of sp³-hybridized carbons (Fsp3) is 0.200. The highest BCUT2D eigenvalue weighted by atomic mass is 79.9. The average Bonchev–Trinajstić information content (AvgIpc) is 2.59. The van der Waals surface area contributed by atoms with E-state index in [1.54, 1.807) is 6.92 Å². The van der Waals surface area contributed by atoms with E-state index in [2.05, 4.69) is 31.9 Å². The van der Waals surface area contributed by atoms with Crippen molar-refractivity contribution in [2.24, 2.45) is 0 Å². The van der Waals surface area contributed by atoms with E-state index >= 15 is 0 Å². The molecule has 5 nitrogen and oxygen atoms in total. The third kappa shape index (κ3) is 3.65. The summed E-state index contributed by atoms with van der Waals surface area (Å²) in [7, 11) is 0. The van der Waals surface area contributed by atoms with Crippen molar-refractivity contribution >= 4 is 33.6 Å². The summed E-state index contributed by atoms with van der Waals surface area (Å²) in [6.45, 7) is 5.71. The molecule has 134 valence electrons. The van der Waals surface area contributed by atoms with Gasteiger partial charge in [-0.25, -0.2) is 4.79 Å². The first kappa shape index (κ1) is 18.2. The van der Waals surface area contributed by atoms with E-state index in [4.69, 9.17) is 0 Å². The van der Waals surface area contributed by atoms with E-state index < -0.39 is 6.04 Å². The zero-order valence-corrected chi connectivity index (χ0v) is 16.4. The van der Waals surface area contributed by atoms with Crippen molar-refractivity contribution in [3.63, 3.8) is 0 Å². The van der Waals surface area contributed by atoms with Gasteiger partial charge in [-0.1, -0.05) is 40.2 Å². The molecule has 1 aliphatic rings. The Hall–Kier alpha value is -2.60. The topological polar surface area (TPSA) is 70.2 Å². The number of allylic oxidation sites excluding steroid dienone is 1. The van der Waals surface area contributed by atoms with Crippen molar-refractivity contribution in [3.05, 3.63) is 74.9 Å². The molecule has 1 atom stereocenters. The quantitative estimate of drug-likeness (QED) is 0.700. The Morgan fingerprint density at radius 3 is 2.46 bits per heavy atom. The molecule has 1 unspecified atom stereocenters. The van der Waals surface area contributed by atoms with Gasteiger partial charge < -0.3 is 16.0 Å². The van der Waals surface area contributed by atoms with Crippen LogP contribution < -0.4 is 16.0 Å². The number of aryl methyl sites for hydroxylation is 1. The van der Waals surface area contributed by atoms with Gasteiger partial charge in [0, 0.05) is 15.9 Å². The van der Waals surface area contributed by atoms with Crippen molar-refractivity contribution in [1.29, 1.82) is 0 Å². The fourth-order valence-corrected chi connectivity index (χ4v) is 3.24. The Kier molecular flexibility index (Phi) is 5.13. The highest BCUT2D eigenvalue weighted by molar-refractivity contribution is 9.10. The average molecular weight is 414 g/mol. The number of carbonyl (C=O) groups excluding carboxylic acids is 2. The molecule has 3 amide bonds.